The van der Waals surface area contributed by atoms with Gasteiger partial charge in [-0.25, -0.2) is 13.1 Å². The highest BCUT2D eigenvalue weighted by molar-refractivity contribution is 7.92. The molecule has 1 saturated heterocycles. The maximum absolute atomic E-state index is 12.9. The zero-order valence-electron chi connectivity index (χ0n) is 18.8. The number of aryl methyl sites for hydroxylation is 1. The molecule has 1 aliphatic rings. The maximum atomic E-state index is 12.9. The fourth-order valence-electron chi connectivity index (χ4n) is 4.21. The Kier molecular flexibility index (Phi) is 6.17. The predicted octanol–water partition coefficient (Wildman–Crippen LogP) is 4.25. The van der Waals surface area contributed by atoms with E-state index in [-0.39, 0.29) is 10.8 Å². The van der Waals surface area contributed by atoms with Gasteiger partial charge in [0.1, 0.15) is 11.5 Å². The van der Waals surface area contributed by atoms with E-state index in [1.807, 2.05) is 24.3 Å². The van der Waals surface area contributed by atoms with Crippen LogP contribution in [0, 0.1) is 6.92 Å². The number of hydrogen-bond donors (Lipinski definition) is 2. The van der Waals surface area contributed by atoms with Gasteiger partial charge in [0.05, 0.1) is 17.6 Å². The zero-order chi connectivity index (χ0) is 22.9. The van der Waals surface area contributed by atoms with Gasteiger partial charge in [-0.3, -0.25) is 0 Å². The van der Waals surface area contributed by atoms with Gasteiger partial charge >= 0.3 is 0 Å². The molecule has 2 aromatic carbocycles. The summed E-state index contributed by atoms with van der Waals surface area (Å²) in [6.07, 6.45) is 0. The molecule has 0 aliphatic carbocycles. The zero-order valence-corrected chi connectivity index (χ0v) is 19.6. The van der Waals surface area contributed by atoms with Gasteiger partial charge in [-0.1, -0.05) is 18.2 Å². The van der Waals surface area contributed by atoms with Crippen LogP contribution in [0.25, 0.3) is 11.1 Å². The molecule has 2 N–H and O–H groups in total. The third kappa shape index (κ3) is 4.61. The maximum Gasteiger partial charge on any atom is 0.264 e. The number of methoxy groups -OCH3 is 1. The number of hydrogen-bond acceptors (Lipinski definition) is 6. The molecule has 0 spiro atoms. The summed E-state index contributed by atoms with van der Waals surface area (Å²) in [4.78, 5) is 2.50. The number of benzene rings is 2. The van der Waals surface area contributed by atoms with Crippen molar-refractivity contribution in [3.05, 3.63) is 60.4 Å². The monoisotopic (exact) mass is 455 g/mol. The van der Waals surface area contributed by atoms with E-state index in [1.54, 1.807) is 44.4 Å². The highest BCUT2D eigenvalue weighted by Crippen LogP contribution is 2.40. The lowest BCUT2D eigenvalue weighted by Crippen LogP contribution is -2.54. The first-order valence-corrected chi connectivity index (χ1v) is 12.1. The van der Waals surface area contributed by atoms with E-state index < -0.39 is 10.0 Å². The highest BCUT2D eigenvalue weighted by Gasteiger charge is 2.25. The van der Waals surface area contributed by atoms with Crippen molar-refractivity contribution >= 4 is 21.6 Å². The number of sulfonamides is 1. The first-order valence-electron chi connectivity index (χ1n) is 10.6. The first kappa shape index (κ1) is 22.2. The van der Waals surface area contributed by atoms with E-state index in [0.29, 0.717) is 29.2 Å². The van der Waals surface area contributed by atoms with Crippen LogP contribution in [0.3, 0.4) is 0 Å². The van der Waals surface area contributed by atoms with Crippen LogP contribution in [0.5, 0.6) is 5.75 Å². The fraction of sp³-hybridized carbons (Fsp3) is 0.333. The van der Waals surface area contributed by atoms with Crippen molar-refractivity contribution in [2.45, 2.75) is 37.8 Å². The molecule has 0 bridgehead atoms. The standard InChI is InChI=1S/C24H29N3O4S/c1-16-14-27(15-17(2)25-16)19-10-11-23(30-4)21(13-19)22-12-18(3)31-24(22)26-32(28,29)20-8-6-5-7-9-20/h5-13,16-17,25-26H,14-15H2,1-4H3/t16-,17+. The molecule has 2 heterocycles. The van der Waals surface area contributed by atoms with Gasteiger partial charge in [-0.15, -0.1) is 0 Å². The molecule has 7 nitrogen and oxygen atoms in total. The molecular weight excluding hydrogens is 426 g/mol. The first-order chi connectivity index (χ1) is 15.3. The van der Waals surface area contributed by atoms with Gasteiger partial charge in [0, 0.05) is 36.4 Å². The topological polar surface area (TPSA) is 83.8 Å². The van der Waals surface area contributed by atoms with Crippen molar-refractivity contribution in [1.29, 1.82) is 0 Å². The molecule has 4 rings (SSSR count). The lowest BCUT2D eigenvalue weighted by Gasteiger charge is -2.38. The molecular formula is C24H29N3O4S. The summed E-state index contributed by atoms with van der Waals surface area (Å²) in [7, 11) is -2.19. The van der Waals surface area contributed by atoms with E-state index in [0.717, 1.165) is 24.3 Å². The molecule has 0 unspecified atom stereocenters. The number of ether oxygens (including phenoxy) is 1. The van der Waals surface area contributed by atoms with Gasteiger partial charge < -0.3 is 19.4 Å². The number of nitrogens with one attached hydrogen (secondary N) is 2. The SMILES string of the molecule is COc1ccc(N2C[C@@H](C)N[C@@H](C)C2)cc1-c1cc(C)oc1NS(=O)(=O)c1ccccc1. The van der Waals surface area contributed by atoms with Crippen LogP contribution >= 0.6 is 0 Å². The third-order valence-corrected chi connectivity index (χ3v) is 6.88. The molecule has 1 fully saturated rings. The van der Waals surface area contributed by atoms with E-state index in [9.17, 15) is 8.42 Å². The second-order valence-electron chi connectivity index (χ2n) is 8.28. The molecule has 1 aliphatic heterocycles. The highest BCUT2D eigenvalue weighted by atomic mass is 32.2. The van der Waals surface area contributed by atoms with E-state index in [2.05, 4.69) is 28.8 Å². The van der Waals surface area contributed by atoms with E-state index in [1.165, 1.54) is 0 Å². The number of rotatable bonds is 6. The van der Waals surface area contributed by atoms with E-state index >= 15 is 0 Å². The normalized spacial score (nSPS) is 19.1. The average Bonchev–Trinajstić information content (AvgIpc) is 3.12. The van der Waals surface area contributed by atoms with Crippen molar-refractivity contribution in [2.24, 2.45) is 0 Å². The molecule has 2 atom stereocenters. The molecule has 0 radical (unpaired) electrons. The molecule has 170 valence electrons. The van der Waals surface area contributed by atoms with Crippen LogP contribution in [0.15, 0.2) is 63.9 Å². The molecule has 1 aromatic heterocycles. The third-order valence-electron chi connectivity index (χ3n) is 5.53. The second kappa shape index (κ2) is 8.88. The Morgan fingerprint density at radius 3 is 2.38 bits per heavy atom. The summed E-state index contributed by atoms with van der Waals surface area (Å²) in [5.74, 6) is 1.41. The van der Waals surface area contributed by atoms with Crippen LogP contribution < -0.4 is 19.7 Å². The van der Waals surface area contributed by atoms with Gasteiger partial charge in [0.15, 0.2) is 0 Å². The minimum Gasteiger partial charge on any atom is -0.496 e. The Labute approximate surface area is 189 Å². The molecule has 3 aromatic rings. The van der Waals surface area contributed by atoms with Crippen LogP contribution in [0.4, 0.5) is 11.6 Å². The smallest absolute Gasteiger partial charge is 0.264 e. The van der Waals surface area contributed by atoms with Crippen LogP contribution in [0.1, 0.15) is 19.6 Å². The minimum atomic E-state index is -3.80. The Morgan fingerprint density at radius 2 is 1.72 bits per heavy atom. The number of nitrogens with zero attached hydrogens (tertiary/aromatic N) is 1. The van der Waals surface area contributed by atoms with Gasteiger partial charge in [0.25, 0.3) is 10.0 Å². The number of piperazine rings is 1. The summed E-state index contributed by atoms with van der Waals surface area (Å²) < 4.78 is 39.8. The molecule has 8 heteroatoms. The fourth-order valence-corrected chi connectivity index (χ4v) is 5.24. The summed E-state index contributed by atoms with van der Waals surface area (Å²) in [5, 5.41) is 3.54. The van der Waals surface area contributed by atoms with Gasteiger partial charge in [-0.2, -0.15) is 0 Å². The van der Waals surface area contributed by atoms with Crippen molar-refractivity contribution in [3.8, 4) is 16.9 Å². The minimum absolute atomic E-state index is 0.170. The molecule has 0 amide bonds. The van der Waals surface area contributed by atoms with Crippen molar-refractivity contribution < 1.29 is 17.6 Å². The van der Waals surface area contributed by atoms with Gasteiger partial charge in [0.2, 0.25) is 5.88 Å². The summed E-state index contributed by atoms with van der Waals surface area (Å²) in [5.41, 5.74) is 2.46. The largest absolute Gasteiger partial charge is 0.496 e. The van der Waals surface area contributed by atoms with Crippen LogP contribution in [-0.4, -0.2) is 40.7 Å². The van der Waals surface area contributed by atoms with Crippen molar-refractivity contribution in [2.75, 3.05) is 29.8 Å². The lowest BCUT2D eigenvalue weighted by molar-refractivity contribution is 0.406. The Balaban J connectivity index is 1.74. The van der Waals surface area contributed by atoms with E-state index in [4.69, 9.17) is 9.15 Å². The second-order valence-corrected chi connectivity index (χ2v) is 9.96. The summed E-state index contributed by atoms with van der Waals surface area (Å²) in [6, 6.07) is 16.8. The molecule has 0 saturated carbocycles. The van der Waals surface area contributed by atoms with Crippen LogP contribution in [-0.2, 0) is 10.0 Å². The van der Waals surface area contributed by atoms with Gasteiger partial charge in [-0.05, 0) is 57.2 Å². The Hall–Kier alpha value is -2.97. The van der Waals surface area contributed by atoms with Crippen molar-refractivity contribution in [1.82, 2.24) is 5.32 Å². The van der Waals surface area contributed by atoms with Crippen LogP contribution in [0.2, 0.25) is 0 Å². The summed E-state index contributed by atoms with van der Waals surface area (Å²) >= 11 is 0. The number of furan rings is 1. The Bertz CT molecular complexity index is 1180. The quantitative estimate of drug-likeness (QED) is 0.578. The lowest BCUT2D eigenvalue weighted by atomic mass is 10.0. The average molecular weight is 456 g/mol. The molecule has 32 heavy (non-hydrogen) atoms. The Morgan fingerprint density at radius 1 is 1.03 bits per heavy atom. The van der Waals surface area contributed by atoms with Crippen molar-refractivity contribution in [3.63, 3.8) is 0 Å². The summed E-state index contributed by atoms with van der Waals surface area (Å²) in [6.45, 7) is 7.90. The number of anilines is 2. The predicted molar refractivity (Wildman–Crippen MR) is 127 cm³/mol.